The van der Waals surface area contributed by atoms with Crippen molar-refractivity contribution in [1.29, 1.82) is 0 Å². The van der Waals surface area contributed by atoms with Crippen molar-refractivity contribution in [1.82, 2.24) is 9.80 Å². The van der Waals surface area contributed by atoms with Crippen LogP contribution in [0.15, 0.2) is 24.3 Å². The number of hydrogen-bond donors (Lipinski definition) is 1. The molecule has 2 aliphatic rings. The number of nitrogens with zero attached hydrogens (tertiary/aromatic N) is 2. The summed E-state index contributed by atoms with van der Waals surface area (Å²) in [6.07, 6.45) is 3.13. The molecule has 2 fully saturated rings. The molecule has 148 valence electrons. The smallest absolute Gasteiger partial charge is 0.231 e. The summed E-state index contributed by atoms with van der Waals surface area (Å²) in [5, 5.41) is 0. The number of rotatable bonds is 6. The highest BCUT2D eigenvalue weighted by Gasteiger charge is 2.52. The van der Waals surface area contributed by atoms with Crippen molar-refractivity contribution < 1.29 is 14.0 Å². The molecule has 0 radical (unpaired) electrons. The lowest BCUT2D eigenvalue weighted by atomic mass is 9.75. The van der Waals surface area contributed by atoms with Crippen LogP contribution in [0.25, 0.3) is 0 Å². The molecule has 2 amide bonds. The van der Waals surface area contributed by atoms with Crippen molar-refractivity contribution in [3.8, 4) is 0 Å². The van der Waals surface area contributed by atoms with Gasteiger partial charge in [0, 0.05) is 12.6 Å². The average Bonchev–Trinajstić information content (AvgIpc) is 2.84. The predicted molar refractivity (Wildman–Crippen MR) is 102 cm³/mol. The molecule has 1 atom stereocenters. The van der Waals surface area contributed by atoms with E-state index in [0.717, 1.165) is 50.9 Å². The van der Waals surface area contributed by atoms with Gasteiger partial charge in [-0.05, 0) is 62.4 Å². The van der Waals surface area contributed by atoms with E-state index in [1.807, 2.05) is 17.0 Å². The van der Waals surface area contributed by atoms with E-state index in [4.69, 9.17) is 5.73 Å². The van der Waals surface area contributed by atoms with Gasteiger partial charge in [0.15, 0.2) is 0 Å². The van der Waals surface area contributed by atoms with E-state index in [1.165, 1.54) is 12.1 Å². The number of likely N-dealkylation sites (tertiary alicyclic amines) is 2. The first-order chi connectivity index (χ1) is 12.8. The molecule has 0 aromatic heterocycles. The molecular weight excluding hydrogens is 345 g/mol. The van der Waals surface area contributed by atoms with Gasteiger partial charge in [0.25, 0.3) is 0 Å². The maximum absolute atomic E-state index is 13.4. The Morgan fingerprint density at radius 2 is 1.89 bits per heavy atom. The molecule has 2 N–H and O–H groups in total. The number of benzene rings is 1. The van der Waals surface area contributed by atoms with Crippen LogP contribution in [0.4, 0.5) is 4.39 Å². The number of hydrogen-bond acceptors (Lipinski definition) is 3. The van der Waals surface area contributed by atoms with Crippen LogP contribution in [0, 0.1) is 17.2 Å². The van der Waals surface area contributed by atoms with E-state index in [2.05, 4.69) is 18.7 Å². The van der Waals surface area contributed by atoms with Gasteiger partial charge in [0.2, 0.25) is 11.8 Å². The Hall–Kier alpha value is -1.95. The molecule has 0 unspecified atom stereocenters. The first-order valence-electron chi connectivity index (χ1n) is 9.85. The number of carbonyl (C=O) groups excluding carboxylic acids is 2. The standard InChI is InChI=1S/C21H30FN3O2/c1-15(2)13-25-18(11-16-3-5-17(22)6-4-16)12-21(20(25)27)7-9-24(10-8-21)14-19(23)26/h3-6,15,18H,7-14H2,1-2H3,(H2,23,26)/t18-/m1/s1. The summed E-state index contributed by atoms with van der Waals surface area (Å²) < 4.78 is 13.2. The molecule has 2 aliphatic heterocycles. The number of piperidine rings is 1. The van der Waals surface area contributed by atoms with E-state index in [-0.39, 0.29) is 35.6 Å². The Morgan fingerprint density at radius 1 is 1.26 bits per heavy atom. The molecule has 27 heavy (non-hydrogen) atoms. The van der Waals surface area contributed by atoms with Gasteiger partial charge in [-0.15, -0.1) is 0 Å². The highest BCUT2D eigenvalue weighted by Crippen LogP contribution is 2.45. The largest absolute Gasteiger partial charge is 0.369 e. The van der Waals surface area contributed by atoms with Crippen molar-refractivity contribution in [2.75, 3.05) is 26.2 Å². The third kappa shape index (κ3) is 4.49. The second-order valence-corrected chi connectivity index (χ2v) is 8.56. The van der Waals surface area contributed by atoms with Crippen molar-refractivity contribution in [3.63, 3.8) is 0 Å². The van der Waals surface area contributed by atoms with Gasteiger partial charge >= 0.3 is 0 Å². The molecule has 0 aliphatic carbocycles. The number of primary amides is 1. The second kappa shape index (κ2) is 7.97. The van der Waals surface area contributed by atoms with E-state index >= 15 is 0 Å². The Bertz CT molecular complexity index is 681. The van der Waals surface area contributed by atoms with E-state index in [9.17, 15) is 14.0 Å². The molecule has 1 aromatic carbocycles. The van der Waals surface area contributed by atoms with Crippen molar-refractivity contribution >= 4 is 11.8 Å². The monoisotopic (exact) mass is 375 g/mol. The van der Waals surface area contributed by atoms with Crippen LogP contribution in [0.2, 0.25) is 0 Å². The average molecular weight is 375 g/mol. The van der Waals surface area contributed by atoms with Crippen molar-refractivity contribution in [2.45, 2.75) is 45.6 Å². The molecule has 0 saturated carbocycles. The maximum atomic E-state index is 13.4. The Labute approximate surface area is 160 Å². The maximum Gasteiger partial charge on any atom is 0.231 e. The molecule has 6 heteroatoms. The summed E-state index contributed by atoms with van der Waals surface area (Å²) >= 11 is 0. The van der Waals surface area contributed by atoms with Gasteiger partial charge in [-0.1, -0.05) is 26.0 Å². The van der Waals surface area contributed by atoms with E-state index < -0.39 is 0 Å². The first-order valence-corrected chi connectivity index (χ1v) is 9.85. The fourth-order valence-corrected chi connectivity index (χ4v) is 4.60. The normalized spacial score (nSPS) is 22.7. The summed E-state index contributed by atoms with van der Waals surface area (Å²) in [5.41, 5.74) is 6.04. The minimum Gasteiger partial charge on any atom is -0.369 e. The molecule has 2 heterocycles. The summed E-state index contributed by atoms with van der Waals surface area (Å²) in [6.45, 7) is 6.72. The highest BCUT2D eigenvalue weighted by molar-refractivity contribution is 5.85. The summed E-state index contributed by atoms with van der Waals surface area (Å²) in [4.78, 5) is 28.6. The summed E-state index contributed by atoms with van der Waals surface area (Å²) in [7, 11) is 0. The minimum atomic E-state index is -0.326. The first kappa shape index (κ1) is 19.8. The molecule has 0 bridgehead atoms. The molecule has 5 nitrogen and oxygen atoms in total. The van der Waals surface area contributed by atoms with Crippen molar-refractivity contribution in [3.05, 3.63) is 35.6 Å². The topological polar surface area (TPSA) is 66.6 Å². The molecular formula is C21H30FN3O2. The zero-order valence-electron chi connectivity index (χ0n) is 16.3. The fraction of sp³-hybridized carbons (Fsp3) is 0.619. The van der Waals surface area contributed by atoms with Crippen LogP contribution in [0.1, 0.15) is 38.7 Å². The summed E-state index contributed by atoms with van der Waals surface area (Å²) in [5.74, 6) is 0.0923. The van der Waals surface area contributed by atoms with Crippen LogP contribution < -0.4 is 5.73 Å². The van der Waals surface area contributed by atoms with E-state index in [1.54, 1.807) is 0 Å². The Balaban J connectivity index is 1.74. The second-order valence-electron chi connectivity index (χ2n) is 8.56. The Kier molecular flexibility index (Phi) is 5.84. The lowest BCUT2D eigenvalue weighted by Crippen LogP contribution is -2.47. The number of halogens is 1. The zero-order chi connectivity index (χ0) is 19.6. The molecule has 1 spiro atoms. The van der Waals surface area contributed by atoms with E-state index in [0.29, 0.717) is 5.92 Å². The van der Waals surface area contributed by atoms with Gasteiger partial charge in [0.05, 0.1) is 12.0 Å². The minimum absolute atomic E-state index is 0.146. The SMILES string of the molecule is CC(C)CN1C(=O)C2(CCN(CC(N)=O)CC2)C[C@H]1Cc1ccc(F)cc1. The molecule has 2 saturated heterocycles. The van der Waals surface area contributed by atoms with Gasteiger partial charge < -0.3 is 10.6 Å². The Morgan fingerprint density at radius 3 is 2.44 bits per heavy atom. The predicted octanol–water partition coefficient (Wildman–Crippen LogP) is 2.19. The van der Waals surface area contributed by atoms with Crippen LogP contribution in [-0.2, 0) is 16.0 Å². The van der Waals surface area contributed by atoms with Crippen molar-refractivity contribution in [2.24, 2.45) is 17.1 Å². The third-order valence-electron chi connectivity index (χ3n) is 5.92. The number of amides is 2. The molecule has 3 rings (SSSR count). The van der Waals surface area contributed by atoms with Gasteiger partial charge in [-0.2, -0.15) is 0 Å². The lowest BCUT2D eigenvalue weighted by Gasteiger charge is -2.37. The van der Waals surface area contributed by atoms with Crippen LogP contribution >= 0.6 is 0 Å². The molecule has 1 aromatic rings. The highest BCUT2D eigenvalue weighted by atomic mass is 19.1. The van der Waals surface area contributed by atoms with Crippen LogP contribution in [0.3, 0.4) is 0 Å². The quantitative estimate of drug-likeness (QED) is 0.829. The van der Waals surface area contributed by atoms with Crippen LogP contribution in [0.5, 0.6) is 0 Å². The van der Waals surface area contributed by atoms with Gasteiger partial charge in [0.1, 0.15) is 5.82 Å². The number of carbonyl (C=O) groups is 2. The third-order valence-corrected chi connectivity index (χ3v) is 5.92. The fourth-order valence-electron chi connectivity index (χ4n) is 4.60. The summed E-state index contributed by atoms with van der Waals surface area (Å²) in [6, 6.07) is 6.74. The lowest BCUT2D eigenvalue weighted by molar-refractivity contribution is -0.139. The van der Waals surface area contributed by atoms with Gasteiger partial charge in [-0.25, -0.2) is 4.39 Å². The van der Waals surface area contributed by atoms with Crippen LogP contribution in [-0.4, -0.2) is 53.8 Å². The number of nitrogens with two attached hydrogens (primary N) is 1. The zero-order valence-corrected chi connectivity index (χ0v) is 16.3. The van der Waals surface area contributed by atoms with Gasteiger partial charge in [-0.3, -0.25) is 14.5 Å².